The van der Waals surface area contributed by atoms with Crippen LogP contribution < -0.4 is 20.3 Å². The number of nitrogens with one attached hydrogen (secondary N) is 1. The van der Waals surface area contributed by atoms with Crippen LogP contribution in [0, 0.1) is 0 Å². The van der Waals surface area contributed by atoms with Crippen molar-refractivity contribution in [3.05, 3.63) is 65.2 Å². The molecule has 1 amide bonds. The highest BCUT2D eigenvalue weighted by atomic mass is 32.1. The van der Waals surface area contributed by atoms with Crippen LogP contribution in [0.25, 0.3) is 21.5 Å². The van der Waals surface area contributed by atoms with Gasteiger partial charge in [0.15, 0.2) is 5.13 Å². The maximum absolute atomic E-state index is 12.5. The van der Waals surface area contributed by atoms with Crippen LogP contribution in [-0.2, 0) is 11.3 Å². The number of ether oxygens (including phenoxy) is 2. The van der Waals surface area contributed by atoms with Gasteiger partial charge in [-0.1, -0.05) is 11.3 Å². The lowest BCUT2D eigenvalue weighted by atomic mass is 10.1. The highest BCUT2D eigenvalue weighted by Gasteiger charge is 2.11. The quantitative estimate of drug-likeness (QED) is 0.437. The minimum absolute atomic E-state index is 0.157. The summed E-state index contributed by atoms with van der Waals surface area (Å²) in [4.78, 5) is 33.7. The van der Waals surface area contributed by atoms with Crippen LogP contribution in [0.5, 0.6) is 11.5 Å². The molecule has 0 unspecified atom stereocenters. The van der Waals surface area contributed by atoms with E-state index in [1.165, 1.54) is 28.3 Å². The summed E-state index contributed by atoms with van der Waals surface area (Å²) in [6.45, 7) is 4.84. The summed E-state index contributed by atoms with van der Waals surface area (Å²) in [7, 11) is 0. The molecule has 0 radical (unpaired) electrons. The predicted octanol–water partition coefficient (Wildman–Crippen LogP) is 3.96. The number of amides is 1. The number of anilines is 1. The number of hydrogen-bond donors (Lipinski definition) is 1. The number of hydrogen-bond acceptors (Lipinski definition) is 7. The maximum atomic E-state index is 12.5. The van der Waals surface area contributed by atoms with Gasteiger partial charge < -0.3 is 14.8 Å². The van der Waals surface area contributed by atoms with E-state index < -0.39 is 0 Å². The summed E-state index contributed by atoms with van der Waals surface area (Å²) in [5.41, 5.74) is 1.78. The molecule has 0 fully saturated rings. The van der Waals surface area contributed by atoms with Crippen molar-refractivity contribution < 1.29 is 14.3 Å². The Balaban J connectivity index is 1.44. The summed E-state index contributed by atoms with van der Waals surface area (Å²) in [6.07, 6.45) is 1.38. The van der Waals surface area contributed by atoms with Gasteiger partial charge in [0.25, 0.3) is 5.56 Å². The Kier molecular flexibility index (Phi) is 6.46. The van der Waals surface area contributed by atoms with Crippen molar-refractivity contribution in [1.82, 2.24) is 14.5 Å². The zero-order chi connectivity index (χ0) is 22.5. The first-order chi connectivity index (χ1) is 15.6. The molecular weight excluding hydrogens is 428 g/mol. The second-order valence-electron chi connectivity index (χ2n) is 6.83. The number of nitrogens with zero attached hydrogens (tertiary/aromatic N) is 3. The zero-order valence-corrected chi connectivity index (χ0v) is 18.5. The van der Waals surface area contributed by atoms with Gasteiger partial charge in [-0.2, -0.15) is 0 Å². The number of aromatic nitrogens is 3. The molecule has 32 heavy (non-hydrogen) atoms. The largest absolute Gasteiger partial charge is 0.494 e. The third kappa shape index (κ3) is 4.94. The Labute approximate surface area is 188 Å². The SMILES string of the molecule is CCOc1ccc(-c2cc(=O)n(CC(=O)Nc3nc4ccc(OCC)cc4s3)cn2)cc1. The Morgan fingerprint density at radius 3 is 2.47 bits per heavy atom. The molecule has 2 heterocycles. The molecule has 8 nitrogen and oxygen atoms in total. The number of carbonyl (C=O) groups excluding carboxylic acids is 1. The molecule has 0 saturated heterocycles. The standard InChI is InChI=1S/C23H22N4O4S/c1-3-30-16-7-5-15(6-8-16)19-12-22(29)27(14-24-19)13-21(28)26-23-25-18-10-9-17(31-4-2)11-20(18)32-23/h5-12,14H,3-4,13H2,1-2H3,(H,25,26,28). The molecule has 0 aliphatic rings. The van der Waals surface area contributed by atoms with Gasteiger partial charge in [-0.3, -0.25) is 14.2 Å². The van der Waals surface area contributed by atoms with Crippen LogP contribution in [0.4, 0.5) is 5.13 Å². The first kappa shape index (κ1) is 21.5. The van der Waals surface area contributed by atoms with Gasteiger partial charge >= 0.3 is 0 Å². The van der Waals surface area contributed by atoms with Crippen LogP contribution in [0.15, 0.2) is 59.7 Å². The van der Waals surface area contributed by atoms with Crippen molar-refractivity contribution in [1.29, 1.82) is 0 Å². The molecule has 4 rings (SSSR count). The lowest BCUT2D eigenvalue weighted by molar-refractivity contribution is -0.116. The first-order valence-electron chi connectivity index (χ1n) is 10.2. The molecular formula is C23H22N4O4S. The predicted molar refractivity (Wildman–Crippen MR) is 125 cm³/mol. The minimum atomic E-state index is -0.355. The van der Waals surface area contributed by atoms with Crippen LogP contribution in [-0.4, -0.2) is 33.7 Å². The highest BCUT2D eigenvalue weighted by Crippen LogP contribution is 2.29. The average Bonchev–Trinajstić information content (AvgIpc) is 3.17. The van der Waals surface area contributed by atoms with Crippen molar-refractivity contribution in [2.75, 3.05) is 18.5 Å². The van der Waals surface area contributed by atoms with Gasteiger partial charge in [-0.15, -0.1) is 0 Å². The first-order valence-corrected chi connectivity index (χ1v) is 11.0. The molecule has 0 bridgehead atoms. The summed E-state index contributed by atoms with van der Waals surface area (Å²) < 4.78 is 13.1. The fourth-order valence-corrected chi connectivity index (χ4v) is 4.03. The van der Waals surface area contributed by atoms with Crippen molar-refractivity contribution in [3.8, 4) is 22.8 Å². The van der Waals surface area contributed by atoms with Crippen LogP contribution in [0.3, 0.4) is 0 Å². The molecule has 0 atom stereocenters. The van der Waals surface area contributed by atoms with Crippen LogP contribution >= 0.6 is 11.3 Å². The van der Waals surface area contributed by atoms with E-state index in [2.05, 4.69) is 15.3 Å². The summed E-state index contributed by atoms with van der Waals surface area (Å²) in [5, 5.41) is 3.21. The third-order valence-electron chi connectivity index (χ3n) is 4.57. The second-order valence-corrected chi connectivity index (χ2v) is 7.86. The summed E-state index contributed by atoms with van der Waals surface area (Å²) in [5.74, 6) is 1.16. The Morgan fingerprint density at radius 1 is 1.03 bits per heavy atom. The van der Waals surface area contributed by atoms with Gasteiger partial charge in [-0.25, -0.2) is 9.97 Å². The van der Waals surface area contributed by atoms with Crippen LogP contribution in [0.2, 0.25) is 0 Å². The molecule has 2 aromatic heterocycles. The van der Waals surface area contributed by atoms with E-state index in [1.807, 2.05) is 56.3 Å². The lowest BCUT2D eigenvalue weighted by Gasteiger charge is -2.07. The minimum Gasteiger partial charge on any atom is -0.494 e. The van der Waals surface area contributed by atoms with E-state index in [-0.39, 0.29) is 18.0 Å². The molecule has 4 aromatic rings. The maximum Gasteiger partial charge on any atom is 0.254 e. The third-order valence-corrected chi connectivity index (χ3v) is 5.51. The molecule has 1 N–H and O–H groups in total. The van der Waals surface area contributed by atoms with Gasteiger partial charge in [0.05, 0.1) is 35.5 Å². The average molecular weight is 451 g/mol. The van der Waals surface area contributed by atoms with Crippen molar-refractivity contribution in [3.63, 3.8) is 0 Å². The van der Waals surface area contributed by atoms with Gasteiger partial charge in [0.2, 0.25) is 5.91 Å². The lowest BCUT2D eigenvalue weighted by Crippen LogP contribution is -2.27. The molecule has 0 aliphatic carbocycles. The molecule has 9 heteroatoms. The summed E-state index contributed by atoms with van der Waals surface area (Å²) >= 11 is 1.35. The number of thiazole rings is 1. The summed E-state index contributed by atoms with van der Waals surface area (Å²) in [6, 6.07) is 14.3. The Bertz CT molecular complexity index is 1300. The number of benzene rings is 2. The zero-order valence-electron chi connectivity index (χ0n) is 17.7. The molecule has 2 aromatic carbocycles. The number of fused-ring (bicyclic) bond motifs is 1. The van der Waals surface area contributed by atoms with Crippen molar-refractivity contribution >= 4 is 32.6 Å². The molecule has 0 aliphatic heterocycles. The van der Waals surface area contributed by atoms with Crippen molar-refractivity contribution in [2.45, 2.75) is 20.4 Å². The number of carbonyl (C=O) groups is 1. The van der Waals surface area contributed by atoms with Gasteiger partial charge in [-0.05, 0) is 56.3 Å². The Morgan fingerprint density at radius 2 is 1.75 bits per heavy atom. The normalized spacial score (nSPS) is 10.8. The molecule has 164 valence electrons. The van der Waals surface area contributed by atoms with E-state index in [0.29, 0.717) is 24.0 Å². The number of rotatable bonds is 8. The van der Waals surface area contributed by atoms with Gasteiger partial charge in [0.1, 0.15) is 18.0 Å². The molecule has 0 spiro atoms. The second kappa shape index (κ2) is 9.61. The van der Waals surface area contributed by atoms with E-state index in [0.717, 1.165) is 27.3 Å². The highest BCUT2D eigenvalue weighted by molar-refractivity contribution is 7.22. The van der Waals surface area contributed by atoms with E-state index in [9.17, 15) is 9.59 Å². The smallest absolute Gasteiger partial charge is 0.254 e. The van der Waals surface area contributed by atoms with Gasteiger partial charge in [0, 0.05) is 11.6 Å². The Hall–Kier alpha value is -3.72. The van der Waals surface area contributed by atoms with Crippen LogP contribution in [0.1, 0.15) is 13.8 Å². The molecule has 0 saturated carbocycles. The van der Waals surface area contributed by atoms with E-state index in [4.69, 9.17) is 9.47 Å². The fourth-order valence-electron chi connectivity index (χ4n) is 3.12. The van der Waals surface area contributed by atoms with Crippen molar-refractivity contribution in [2.24, 2.45) is 0 Å². The topological polar surface area (TPSA) is 95.3 Å². The fraction of sp³-hybridized carbons (Fsp3) is 0.217. The monoisotopic (exact) mass is 450 g/mol. The van der Waals surface area contributed by atoms with E-state index >= 15 is 0 Å². The van der Waals surface area contributed by atoms with E-state index in [1.54, 1.807) is 0 Å².